The van der Waals surface area contributed by atoms with Crippen molar-refractivity contribution < 1.29 is 0 Å². The molecule has 0 heterocycles. The van der Waals surface area contributed by atoms with E-state index < -0.39 is 0 Å². The van der Waals surface area contributed by atoms with Gasteiger partial charge in [0, 0.05) is 0 Å². The van der Waals surface area contributed by atoms with Gasteiger partial charge >= 0.3 is 92.5 Å². The summed E-state index contributed by atoms with van der Waals surface area (Å²) >= 11 is 5.07. The molecule has 0 saturated carbocycles. The van der Waals surface area contributed by atoms with Crippen LogP contribution in [-0.2, 0) is 6.42 Å². The minimum absolute atomic E-state index is 1.06. The van der Waals surface area contributed by atoms with Crippen molar-refractivity contribution in [1.82, 2.24) is 0 Å². The normalized spacial score (nSPS) is 9.92. The number of hydrogen-bond acceptors (Lipinski definition) is 1. The first kappa shape index (κ1) is 11.0. The van der Waals surface area contributed by atoms with Crippen LogP contribution in [0.1, 0.15) is 18.9 Å². The molecular weight excluding hydrogens is 243 g/mol. The first-order valence-corrected chi connectivity index (χ1v) is 6.36. The summed E-state index contributed by atoms with van der Waals surface area (Å²) in [7, 11) is 0. The van der Waals surface area contributed by atoms with Gasteiger partial charge in [0.25, 0.3) is 0 Å². The van der Waals surface area contributed by atoms with Crippen LogP contribution in [0.2, 0.25) is 0 Å². The Bertz CT molecular complexity index is 256. The number of benzene rings is 1. The molecule has 0 amide bonds. The van der Waals surface area contributed by atoms with Gasteiger partial charge in [0.05, 0.1) is 0 Å². The van der Waals surface area contributed by atoms with E-state index in [0.717, 1.165) is 6.42 Å². The zero-order chi connectivity index (χ0) is 9.52. The van der Waals surface area contributed by atoms with E-state index in [9.17, 15) is 0 Å². The van der Waals surface area contributed by atoms with E-state index in [4.69, 9.17) is 0 Å². The van der Waals surface area contributed by atoms with Crippen LogP contribution in [-0.4, -0.2) is 25.1 Å². The van der Waals surface area contributed by atoms with Crippen molar-refractivity contribution in [3.63, 3.8) is 0 Å². The first-order valence-electron chi connectivity index (χ1n) is 4.52. The van der Waals surface area contributed by atoms with E-state index in [0.29, 0.717) is 0 Å². The molecule has 1 aromatic carbocycles. The fourth-order valence-corrected chi connectivity index (χ4v) is 2.60. The molecule has 1 rings (SSSR count). The summed E-state index contributed by atoms with van der Waals surface area (Å²) in [6, 6.07) is 10.6. The summed E-state index contributed by atoms with van der Waals surface area (Å²) in [5.74, 6) is 1.22. The Balaban J connectivity index is 2.37. The monoisotopic (exact) mass is 258 g/mol. The third-order valence-electron chi connectivity index (χ3n) is 1.66. The average Bonchev–Trinajstić information content (AvgIpc) is 2.16. The molecule has 0 aromatic heterocycles. The molecule has 0 saturated heterocycles. The van der Waals surface area contributed by atoms with E-state index in [1.165, 1.54) is 21.5 Å². The molecule has 0 aliphatic carbocycles. The van der Waals surface area contributed by atoms with Crippen LogP contribution < -0.4 is 0 Å². The van der Waals surface area contributed by atoms with Crippen molar-refractivity contribution in [3.8, 4) is 0 Å². The molecule has 0 atom stereocenters. The molecule has 0 N–H and O–H groups in total. The van der Waals surface area contributed by atoms with Crippen LogP contribution >= 0.6 is 11.8 Å². The second kappa shape index (κ2) is 6.42. The van der Waals surface area contributed by atoms with Crippen LogP contribution in [0.25, 0.3) is 0 Å². The molecule has 0 aliphatic heterocycles. The second-order valence-electron chi connectivity index (χ2n) is 2.88. The summed E-state index contributed by atoms with van der Waals surface area (Å²) in [5.41, 5.74) is 1.39. The van der Waals surface area contributed by atoms with E-state index in [2.05, 4.69) is 52.8 Å². The molecule has 0 unspecified atom stereocenters. The fourth-order valence-electron chi connectivity index (χ4n) is 1.03. The maximum atomic E-state index is 3.14. The van der Waals surface area contributed by atoms with Gasteiger partial charge in [-0.1, -0.05) is 0 Å². The first-order chi connectivity index (χ1) is 6.33. The van der Waals surface area contributed by atoms with Crippen molar-refractivity contribution in [2.75, 3.05) is 5.75 Å². The summed E-state index contributed by atoms with van der Waals surface area (Å²) < 4.78 is 1.40. The standard InChI is InChI=1S/C11H14SSe/c1-2-8-12-11(13)9-10-6-4-3-5-7-10/h3-7H,2,8-9H2,1H3. The van der Waals surface area contributed by atoms with Crippen LogP contribution in [0.4, 0.5) is 0 Å². The SMILES string of the molecule is CCCSC(=[Se])Cc1ccccc1. The molecule has 0 radical (unpaired) electrons. The van der Waals surface area contributed by atoms with Crippen molar-refractivity contribution in [2.45, 2.75) is 19.8 Å². The molecule has 13 heavy (non-hydrogen) atoms. The summed E-state index contributed by atoms with van der Waals surface area (Å²) in [6.45, 7) is 2.21. The van der Waals surface area contributed by atoms with E-state index in [1.54, 1.807) is 0 Å². The molecule has 0 bridgehead atoms. The van der Waals surface area contributed by atoms with Gasteiger partial charge in [-0.3, -0.25) is 0 Å². The Labute approximate surface area is 92.5 Å². The summed E-state index contributed by atoms with van der Waals surface area (Å²) in [6.07, 6.45) is 2.30. The van der Waals surface area contributed by atoms with Gasteiger partial charge in [-0.15, -0.1) is 0 Å². The number of rotatable bonds is 5. The van der Waals surface area contributed by atoms with Crippen molar-refractivity contribution in [3.05, 3.63) is 35.9 Å². The van der Waals surface area contributed by atoms with Crippen LogP contribution in [0.15, 0.2) is 30.3 Å². The quantitative estimate of drug-likeness (QED) is 0.731. The van der Waals surface area contributed by atoms with Crippen LogP contribution in [0, 0.1) is 0 Å². The van der Waals surface area contributed by atoms with Gasteiger partial charge < -0.3 is 0 Å². The van der Waals surface area contributed by atoms with E-state index in [1.807, 2.05) is 11.8 Å². The Morgan fingerprint density at radius 2 is 2.00 bits per heavy atom. The zero-order valence-corrected chi connectivity index (χ0v) is 10.4. The summed E-state index contributed by atoms with van der Waals surface area (Å²) in [5, 5.41) is 0. The molecule has 0 aliphatic rings. The maximum absolute atomic E-state index is 3.14. The van der Waals surface area contributed by atoms with Gasteiger partial charge in [0.1, 0.15) is 0 Å². The second-order valence-corrected chi connectivity index (χ2v) is 5.69. The van der Waals surface area contributed by atoms with Crippen LogP contribution in [0.3, 0.4) is 0 Å². The average molecular weight is 257 g/mol. The molecule has 0 spiro atoms. The predicted molar refractivity (Wildman–Crippen MR) is 63.7 cm³/mol. The Kier molecular flexibility index (Phi) is 5.45. The molecule has 2 heteroatoms. The molecule has 70 valence electrons. The molecular formula is C11H14SSe. The number of thioether (sulfide) groups is 1. The van der Waals surface area contributed by atoms with E-state index in [-0.39, 0.29) is 0 Å². The van der Waals surface area contributed by atoms with Gasteiger partial charge in [-0.25, -0.2) is 0 Å². The fraction of sp³-hybridized carbons (Fsp3) is 0.364. The Morgan fingerprint density at radius 1 is 1.31 bits per heavy atom. The third-order valence-corrected chi connectivity index (χ3v) is 3.78. The molecule has 0 nitrogen and oxygen atoms in total. The topological polar surface area (TPSA) is 0 Å². The number of hydrogen-bond donors (Lipinski definition) is 0. The summed E-state index contributed by atoms with van der Waals surface area (Å²) in [4.78, 5) is 0. The van der Waals surface area contributed by atoms with Crippen molar-refractivity contribution in [1.29, 1.82) is 0 Å². The Hall–Kier alpha value is -0.0405. The van der Waals surface area contributed by atoms with Crippen LogP contribution in [0.5, 0.6) is 0 Å². The van der Waals surface area contributed by atoms with Gasteiger partial charge in [-0.2, -0.15) is 0 Å². The van der Waals surface area contributed by atoms with Gasteiger partial charge in [-0.05, 0) is 0 Å². The van der Waals surface area contributed by atoms with Crippen molar-refractivity contribution in [2.24, 2.45) is 0 Å². The van der Waals surface area contributed by atoms with Gasteiger partial charge in [0.2, 0.25) is 0 Å². The van der Waals surface area contributed by atoms with Gasteiger partial charge in [0.15, 0.2) is 0 Å². The predicted octanol–water partition coefficient (Wildman–Crippen LogP) is 2.67. The van der Waals surface area contributed by atoms with Crippen molar-refractivity contribution >= 4 is 31.1 Å². The third kappa shape index (κ3) is 4.66. The molecule has 0 fully saturated rings. The minimum atomic E-state index is 1.06. The zero-order valence-electron chi connectivity index (χ0n) is 7.82. The molecule has 1 aromatic rings. The Morgan fingerprint density at radius 3 is 2.62 bits per heavy atom. The van der Waals surface area contributed by atoms with E-state index >= 15 is 0 Å².